The van der Waals surface area contributed by atoms with Gasteiger partial charge in [-0.2, -0.15) is 0 Å². The van der Waals surface area contributed by atoms with Gasteiger partial charge in [0.05, 0.1) is 5.69 Å². The van der Waals surface area contributed by atoms with Crippen molar-refractivity contribution < 1.29 is 14.3 Å². The summed E-state index contributed by atoms with van der Waals surface area (Å²) >= 11 is 0. The third-order valence-electron chi connectivity index (χ3n) is 3.96. The summed E-state index contributed by atoms with van der Waals surface area (Å²) in [6.07, 6.45) is 1.32. The van der Waals surface area contributed by atoms with Crippen molar-refractivity contribution in [2.75, 3.05) is 18.0 Å². The molecule has 2 unspecified atom stereocenters. The number of aromatic nitrogens is 2. The molecule has 0 spiro atoms. The van der Waals surface area contributed by atoms with Crippen LogP contribution in [0, 0.1) is 5.82 Å². The number of piperazine rings is 1. The van der Waals surface area contributed by atoms with Crippen LogP contribution >= 0.6 is 0 Å². The predicted molar refractivity (Wildman–Crippen MR) is 88.7 cm³/mol. The summed E-state index contributed by atoms with van der Waals surface area (Å²) in [6.45, 7) is 5.63. The van der Waals surface area contributed by atoms with E-state index in [1.165, 1.54) is 30.5 Å². The Morgan fingerprint density at radius 1 is 1.25 bits per heavy atom. The summed E-state index contributed by atoms with van der Waals surface area (Å²) in [5.74, 6) is -1.00. The van der Waals surface area contributed by atoms with Crippen molar-refractivity contribution in [3.05, 3.63) is 41.8 Å². The molecule has 0 aliphatic carbocycles. The zero-order chi connectivity index (χ0) is 17.3. The number of hydrogen-bond acceptors (Lipinski definition) is 5. The van der Waals surface area contributed by atoms with Gasteiger partial charge in [-0.25, -0.2) is 19.2 Å². The highest BCUT2D eigenvalue weighted by Gasteiger charge is 2.24. The fraction of sp³-hybridized carbons (Fsp3) is 0.353. The average Bonchev–Trinajstić information content (AvgIpc) is 2.54. The molecule has 6 nitrogen and oxygen atoms in total. The Kier molecular flexibility index (Phi) is 4.44. The van der Waals surface area contributed by atoms with Gasteiger partial charge in [-0.1, -0.05) is 0 Å². The van der Waals surface area contributed by atoms with E-state index in [0.29, 0.717) is 17.2 Å². The summed E-state index contributed by atoms with van der Waals surface area (Å²) < 4.78 is 13.2. The van der Waals surface area contributed by atoms with Gasteiger partial charge in [0.15, 0.2) is 0 Å². The zero-order valence-corrected chi connectivity index (χ0v) is 13.5. The minimum atomic E-state index is -1.11. The van der Waals surface area contributed by atoms with Crippen molar-refractivity contribution in [3.8, 4) is 11.3 Å². The lowest BCUT2D eigenvalue weighted by molar-refractivity contribution is 0.0697. The number of carboxylic acids is 1. The van der Waals surface area contributed by atoms with Gasteiger partial charge >= 0.3 is 5.97 Å². The van der Waals surface area contributed by atoms with Crippen LogP contribution in [0.15, 0.2) is 30.5 Å². The van der Waals surface area contributed by atoms with Crippen LogP contribution < -0.4 is 10.2 Å². The van der Waals surface area contributed by atoms with Gasteiger partial charge < -0.3 is 15.3 Å². The molecule has 1 aromatic carbocycles. The second kappa shape index (κ2) is 6.52. The van der Waals surface area contributed by atoms with Crippen molar-refractivity contribution in [3.63, 3.8) is 0 Å². The molecule has 126 valence electrons. The number of nitrogens with one attached hydrogen (secondary N) is 1. The molecule has 24 heavy (non-hydrogen) atoms. The van der Waals surface area contributed by atoms with E-state index in [2.05, 4.69) is 29.1 Å². The highest BCUT2D eigenvalue weighted by Crippen LogP contribution is 2.24. The molecule has 0 amide bonds. The Morgan fingerprint density at radius 3 is 2.46 bits per heavy atom. The van der Waals surface area contributed by atoms with E-state index in [-0.39, 0.29) is 23.5 Å². The summed E-state index contributed by atoms with van der Waals surface area (Å²) in [7, 11) is 0. The molecule has 2 N–H and O–H groups in total. The number of nitrogens with zero attached hydrogens (tertiary/aromatic N) is 3. The molecule has 1 aliphatic rings. The molecule has 0 saturated carbocycles. The average molecular weight is 330 g/mol. The monoisotopic (exact) mass is 330 g/mol. The Labute approximate surface area is 139 Å². The third kappa shape index (κ3) is 3.35. The first-order valence-corrected chi connectivity index (χ1v) is 7.81. The third-order valence-corrected chi connectivity index (χ3v) is 3.96. The number of carbonyl (C=O) groups is 1. The Balaban J connectivity index is 2.02. The minimum Gasteiger partial charge on any atom is -0.478 e. The standard InChI is InChI=1S/C17H19FN4O2/c1-10-8-22(9-11(2)20-10)17-19-7-14(16(23)24)15(21-17)12-3-5-13(18)6-4-12/h3-7,10-11,20H,8-9H2,1-2H3,(H,23,24). The largest absolute Gasteiger partial charge is 0.478 e. The summed E-state index contributed by atoms with van der Waals surface area (Å²) in [4.78, 5) is 22.2. The number of benzene rings is 1. The molecular weight excluding hydrogens is 311 g/mol. The Bertz CT molecular complexity index is 741. The molecule has 2 aromatic rings. The highest BCUT2D eigenvalue weighted by molar-refractivity contribution is 5.94. The predicted octanol–water partition coefficient (Wildman–Crippen LogP) is 2.17. The summed E-state index contributed by atoms with van der Waals surface area (Å²) in [6, 6.07) is 6.19. The van der Waals surface area contributed by atoms with Gasteiger partial charge in [0.1, 0.15) is 11.4 Å². The number of hydrogen-bond donors (Lipinski definition) is 2. The van der Waals surface area contributed by atoms with Gasteiger partial charge in [0.25, 0.3) is 0 Å². The highest BCUT2D eigenvalue weighted by atomic mass is 19.1. The van der Waals surface area contributed by atoms with Crippen LogP contribution in [0.3, 0.4) is 0 Å². The first-order chi connectivity index (χ1) is 11.4. The van der Waals surface area contributed by atoms with Crippen LogP contribution in [0.2, 0.25) is 0 Å². The SMILES string of the molecule is CC1CN(c2ncc(C(=O)O)c(-c3ccc(F)cc3)n2)CC(C)N1. The fourth-order valence-electron chi connectivity index (χ4n) is 3.00. The first-order valence-electron chi connectivity index (χ1n) is 7.81. The molecular formula is C17H19FN4O2. The van der Waals surface area contributed by atoms with Crippen molar-refractivity contribution in [2.45, 2.75) is 25.9 Å². The molecule has 1 saturated heterocycles. The van der Waals surface area contributed by atoms with E-state index in [9.17, 15) is 14.3 Å². The van der Waals surface area contributed by atoms with E-state index in [1.54, 1.807) is 0 Å². The van der Waals surface area contributed by atoms with E-state index in [1.807, 2.05) is 4.90 Å². The van der Waals surface area contributed by atoms with E-state index >= 15 is 0 Å². The molecule has 7 heteroatoms. The maximum atomic E-state index is 13.2. The molecule has 2 atom stereocenters. The maximum Gasteiger partial charge on any atom is 0.339 e. The van der Waals surface area contributed by atoms with E-state index in [4.69, 9.17) is 0 Å². The Morgan fingerprint density at radius 2 is 1.88 bits per heavy atom. The van der Waals surface area contributed by atoms with Crippen LogP contribution in [0.5, 0.6) is 0 Å². The van der Waals surface area contributed by atoms with E-state index < -0.39 is 5.97 Å². The summed E-state index contributed by atoms with van der Waals surface area (Å²) in [5, 5.41) is 12.8. The molecule has 0 radical (unpaired) electrons. The lowest BCUT2D eigenvalue weighted by Crippen LogP contribution is -2.54. The molecule has 1 aliphatic heterocycles. The van der Waals surface area contributed by atoms with Gasteiger partial charge in [0.2, 0.25) is 5.95 Å². The molecule has 0 bridgehead atoms. The van der Waals surface area contributed by atoms with Crippen LogP contribution in [0.25, 0.3) is 11.3 Å². The van der Waals surface area contributed by atoms with Crippen LogP contribution in [-0.4, -0.2) is 46.2 Å². The van der Waals surface area contributed by atoms with Crippen LogP contribution in [0.4, 0.5) is 10.3 Å². The topological polar surface area (TPSA) is 78.4 Å². The zero-order valence-electron chi connectivity index (χ0n) is 13.5. The van der Waals surface area contributed by atoms with Crippen molar-refractivity contribution >= 4 is 11.9 Å². The number of aromatic carboxylic acids is 1. The van der Waals surface area contributed by atoms with Crippen molar-refractivity contribution in [1.29, 1.82) is 0 Å². The molecule has 1 fully saturated rings. The van der Waals surface area contributed by atoms with Gasteiger partial charge in [-0.3, -0.25) is 0 Å². The fourth-order valence-corrected chi connectivity index (χ4v) is 3.00. The lowest BCUT2D eigenvalue weighted by Gasteiger charge is -2.36. The number of carboxylic acid groups (broad SMARTS) is 1. The smallest absolute Gasteiger partial charge is 0.339 e. The number of halogens is 1. The lowest BCUT2D eigenvalue weighted by atomic mass is 10.1. The molecule has 1 aromatic heterocycles. The number of rotatable bonds is 3. The second-order valence-corrected chi connectivity index (χ2v) is 6.12. The van der Waals surface area contributed by atoms with Gasteiger partial charge in [-0.05, 0) is 38.1 Å². The first kappa shape index (κ1) is 16.3. The van der Waals surface area contributed by atoms with Crippen molar-refractivity contribution in [2.24, 2.45) is 0 Å². The van der Waals surface area contributed by atoms with Crippen LogP contribution in [0.1, 0.15) is 24.2 Å². The number of anilines is 1. The van der Waals surface area contributed by atoms with Gasteiger partial charge in [0, 0.05) is 36.9 Å². The maximum absolute atomic E-state index is 13.2. The quantitative estimate of drug-likeness (QED) is 0.898. The summed E-state index contributed by atoms with van der Waals surface area (Å²) in [5.41, 5.74) is 0.849. The van der Waals surface area contributed by atoms with E-state index in [0.717, 1.165) is 13.1 Å². The molecule has 2 heterocycles. The Hall–Kier alpha value is -2.54. The second-order valence-electron chi connectivity index (χ2n) is 6.12. The normalized spacial score (nSPS) is 20.9. The van der Waals surface area contributed by atoms with Crippen LogP contribution in [-0.2, 0) is 0 Å². The van der Waals surface area contributed by atoms with Gasteiger partial charge in [-0.15, -0.1) is 0 Å². The minimum absolute atomic E-state index is 0.00147. The molecule has 3 rings (SSSR count). The van der Waals surface area contributed by atoms with Crippen molar-refractivity contribution in [1.82, 2.24) is 15.3 Å².